The number of fused-ring (bicyclic) bond motifs is 1. The number of nitrogens with one attached hydrogen (secondary N) is 1. The average Bonchev–Trinajstić information content (AvgIpc) is 2.69. The van der Waals surface area contributed by atoms with Gasteiger partial charge in [0.1, 0.15) is 12.1 Å². The van der Waals surface area contributed by atoms with E-state index in [2.05, 4.69) is 20.3 Å². The molecule has 0 saturated carbocycles. The number of anilines is 2. The van der Waals surface area contributed by atoms with Crippen LogP contribution in [-0.2, 0) is 0 Å². The van der Waals surface area contributed by atoms with Crippen LogP contribution >= 0.6 is 0 Å². The maximum Gasteiger partial charge on any atom is 0.248 e. The Morgan fingerprint density at radius 1 is 0.885 bits per heavy atom. The molecule has 26 heavy (non-hydrogen) atoms. The van der Waals surface area contributed by atoms with Crippen molar-refractivity contribution in [2.45, 2.75) is 0 Å². The Hall–Kier alpha value is -3.80. The van der Waals surface area contributed by atoms with Crippen LogP contribution < -0.4 is 11.1 Å². The SMILES string of the molecule is NC(=O)c1ccc(-c2cccc(Nc3ncnc4ncccc34)c2)cc1. The van der Waals surface area contributed by atoms with Crippen LogP contribution in [0.3, 0.4) is 0 Å². The number of rotatable bonds is 4. The minimum atomic E-state index is -0.434. The normalized spacial score (nSPS) is 10.6. The Kier molecular flexibility index (Phi) is 3.99. The molecule has 4 rings (SSSR count). The number of primary amides is 1. The Morgan fingerprint density at radius 3 is 2.54 bits per heavy atom. The zero-order valence-corrected chi connectivity index (χ0v) is 13.8. The lowest BCUT2D eigenvalue weighted by Crippen LogP contribution is -2.10. The molecule has 126 valence electrons. The Morgan fingerprint density at radius 2 is 1.73 bits per heavy atom. The van der Waals surface area contributed by atoms with Crippen LogP contribution in [0.1, 0.15) is 10.4 Å². The number of nitrogens with two attached hydrogens (primary N) is 1. The number of nitrogens with zero attached hydrogens (tertiary/aromatic N) is 3. The van der Waals surface area contributed by atoms with E-state index in [-0.39, 0.29) is 0 Å². The van der Waals surface area contributed by atoms with Gasteiger partial charge in [-0.3, -0.25) is 4.79 Å². The number of pyridine rings is 1. The molecule has 0 atom stereocenters. The summed E-state index contributed by atoms with van der Waals surface area (Å²) in [5.41, 5.74) is 9.33. The molecule has 0 aliphatic heterocycles. The first-order valence-electron chi connectivity index (χ1n) is 8.04. The number of carbonyl (C=O) groups excluding carboxylic acids is 1. The van der Waals surface area contributed by atoms with Crippen molar-refractivity contribution in [1.29, 1.82) is 0 Å². The van der Waals surface area contributed by atoms with E-state index in [1.165, 1.54) is 6.33 Å². The first-order chi connectivity index (χ1) is 12.7. The third-order valence-electron chi connectivity index (χ3n) is 4.04. The van der Waals surface area contributed by atoms with Crippen molar-refractivity contribution in [1.82, 2.24) is 15.0 Å². The Labute approximate surface area is 149 Å². The number of benzene rings is 2. The molecule has 2 heterocycles. The second-order valence-electron chi connectivity index (χ2n) is 5.74. The highest BCUT2D eigenvalue weighted by atomic mass is 16.1. The summed E-state index contributed by atoms with van der Waals surface area (Å²) in [6, 6.07) is 18.9. The van der Waals surface area contributed by atoms with Crippen LogP contribution in [0.15, 0.2) is 73.2 Å². The minimum Gasteiger partial charge on any atom is -0.366 e. The van der Waals surface area contributed by atoms with Gasteiger partial charge in [0.15, 0.2) is 5.65 Å². The van der Waals surface area contributed by atoms with Gasteiger partial charge in [-0.2, -0.15) is 0 Å². The quantitative estimate of drug-likeness (QED) is 0.592. The second kappa shape index (κ2) is 6.60. The van der Waals surface area contributed by atoms with E-state index < -0.39 is 5.91 Å². The molecule has 0 aliphatic rings. The van der Waals surface area contributed by atoms with E-state index in [9.17, 15) is 4.79 Å². The summed E-state index contributed by atoms with van der Waals surface area (Å²) in [6.07, 6.45) is 3.19. The number of aromatic nitrogens is 3. The summed E-state index contributed by atoms with van der Waals surface area (Å²) in [5.74, 6) is 0.264. The highest BCUT2D eigenvalue weighted by molar-refractivity contribution is 5.93. The average molecular weight is 341 g/mol. The Bertz CT molecular complexity index is 1090. The van der Waals surface area contributed by atoms with Crippen LogP contribution in [0, 0.1) is 0 Å². The predicted octanol–water partition coefficient (Wildman–Crippen LogP) is 3.53. The summed E-state index contributed by atoms with van der Waals surface area (Å²) in [4.78, 5) is 23.9. The van der Waals surface area contributed by atoms with E-state index in [0.29, 0.717) is 17.0 Å². The van der Waals surface area contributed by atoms with Gasteiger partial charge < -0.3 is 11.1 Å². The van der Waals surface area contributed by atoms with Crippen LogP contribution in [0.5, 0.6) is 0 Å². The fraction of sp³-hybridized carbons (Fsp3) is 0. The fourth-order valence-corrected chi connectivity index (χ4v) is 2.74. The molecule has 0 aliphatic carbocycles. The molecule has 0 spiro atoms. The third-order valence-corrected chi connectivity index (χ3v) is 4.04. The molecule has 0 saturated heterocycles. The molecule has 1 amide bonds. The number of hydrogen-bond acceptors (Lipinski definition) is 5. The third kappa shape index (κ3) is 3.08. The van der Waals surface area contributed by atoms with Gasteiger partial charge in [-0.15, -0.1) is 0 Å². The standard InChI is InChI=1S/C20H15N5O/c21-18(26)14-8-6-13(7-9-14)15-3-1-4-16(11-15)25-20-17-5-2-10-22-19(17)23-12-24-20/h1-12H,(H2,21,26)(H,22,23,24,25). The lowest BCUT2D eigenvalue weighted by molar-refractivity contribution is 0.100. The zero-order chi connectivity index (χ0) is 17.9. The van der Waals surface area contributed by atoms with Crippen molar-refractivity contribution in [2.75, 3.05) is 5.32 Å². The molecule has 6 heteroatoms. The molecule has 0 bridgehead atoms. The van der Waals surface area contributed by atoms with Crippen LogP contribution in [0.25, 0.3) is 22.2 Å². The van der Waals surface area contributed by atoms with Crippen molar-refractivity contribution < 1.29 is 4.79 Å². The van der Waals surface area contributed by atoms with Crippen molar-refractivity contribution in [3.8, 4) is 11.1 Å². The zero-order valence-electron chi connectivity index (χ0n) is 13.8. The van der Waals surface area contributed by atoms with E-state index in [1.807, 2.05) is 48.5 Å². The molecular formula is C20H15N5O. The first-order valence-corrected chi connectivity index (χ1v) is 8.04. The Balaban J connectivity index is 1.66. The number of carbonyl (C=O) groups is 1. The molecule has 0 unspecified atom stereocenters. The first kappa shape index (κ1) is 15.7. The smallest absolute Gasteiger partial charge is 0.248 e. The topological polar surface area (TPSA) is 93.8 Å². The van der Waals surface area contributed by atoms with E-state index in [4.69, 9.17) is 5.73 Å². The van der Waals surface area contributed by atoms with Gasteiger partial charge in [0, 0.05) is 17.4 Å². The van der Waals surface area contributed by atoms with Gasteiger partial charge in [-0.1, -0.05) is 24.3 Å². The van der Waals surface area contributed by atoms with Crippen molar-refractivity contribution in [2.24, 2.45) is 5.73 Å². The number of amides is 1. The van der Waals surface area contributed by atoms with Gasteiger partial charge in [0.2, 0.25) is 5.91 Å². The van der Waals surface area contributed by atoms with Crippen molar-refractivity contribution in [3.63, 3.8) is 0 Å². The summed E-state index contributed by atoms with van der Waals surface area (Å²) < 4.78 is 0. The highest BCUT2D eigenvalue weighted by Crippen LogP contribution is 2.26. The largest absolute Gasteiger partial charge is 0.366 e. The lowest BCUT2D eigenvalue weighted by atomic mass is 10.0. The van der Waals surface area contributed by atoms with Gasteiger partial charge in [0.25, 0.3) is 0 Å². The molecule has 4 aromatic rings. The second-order valence-corrected chi connectivity index (χ2v) is 5.74. The number of hydrogen-bond donors (Lipinski definition) is 2. The molecule has 2 aromatic heterocycles. The van der Waals surface area contributed by atoms with Crippen LogP contribution in [0.2, 0.25) is 0 Å². The van der Waals surface area contributed by atoms with Crippen LogP contribution in [-0.4, -0.2) is 20.9 Å². The van der Waals surface area contributed by atoms with Gasteiger partial charge in [0.05, 0.1) is 5.39 Å². The van der Waals surface area contributed by atoms with E-state index >= 15 is 0 Å². The maximum atomic E-state index is 11.2. The van der Waals surface area contributed by atoms with E-state index in [0.717, 1.165) is 22.2 Å². The van der Waals surface area contributed by atoms with Crippen molar-refractivity contribution in [3.05, 3.63) is 78.8 Å². The van der Waals surface area contributed by atoms with Gasteiger partial charge >= 0.3 is 0 Å². The molecule has 0 radical (unpaired) electrons. The summed E-state index contributed by atoms with van der Waals surface area (Å²) >= 11 is 0. The van der Waals surface area contributed by atoms with Gasteiger partial charge in [-0.25, -0.2) is 15.0 Å². The summed E-state index contributed by atoms with van der Waals surface area (Å²) in [6.45, 7) is 0. The molecule has 0 fully saturated rings. The monoisotopic (exact) mass is 341 g/mol. The molecular weight excluding hydrogens is 326 g/mol. The molecule has 3 N–H and O–H groups in total. The van der Waals surface area contributed by atoms with Crippen molar-refractivity contribution >= 4 is 28.4 Å². The molecule has 2 aromatic carbocycles. The maximum absolute atomic E-state index is 11.2. The fourth-order valence-electron chi connectivity index (χ4n) is 2.74. The van der Waals surface area contributed by atoms with Gasteiger partial charge in [-0.05, 0) is 47.5 Å². The highest BCUT2D eigenvalue weighted by Gasteiger charge is 2.06. The lowest BCUT2D eigenvalue weighted by Gasteiger charge is -2.10. The summed E-state index contributed by atoms with van der Waals surface area (Å²) in [7, 11) is 0. The van der Waals surface area contributed by atoms with Crippen LogP contribution in [0.4, 0.5) is 11.5 Å². The predicted molar refractivity (Wildman–Crippen MR) is 101 cm³/mol. The molecule has 6 nitrogen and oxygen atoms in total. The van der Waals surface area contributed by atoms with E-state index in [1.54, 1.807) is 18.3 Å². The summed E-state index contributed by atoms with van der Waals surface area (Å²) in [5, 5.41) is 4.17. The minimum absolute atomic E-state index is 0.434.